The number of hydrogen-bond acceptors (Lipinski definition) is 6. The Morgan fingerprint density at radius 2 is 2.21 bits per heavy atom. The molecule has 0 amide bonds. The summed E-state index contributed by atoms with van der Waals surface area (Å²) in [6, 6.07) is 0. The molecule has 3 rings (SSSR count). The molecule has 2 aromatic rings. The van der Waals surface area contributed by atoms with Gasteiger partial charge in [-0.3, -0.25) is 4.68 Å². The smallest absolute Gasteiger partial charge is 0.185 e. The van der Waals surface area contributed by atoms with Gasteiger partial charge in [0.15, 0.2) is 5.13 Å². The third-order valence-electron chi connectivity index (χ3n) is 4.69. The minimum atomic E-state index is 0.157. The minimum Gasteiger partial charge on any atom is -0.373 e. The van der Waals surface area contributed by atoms with Crippen molar-refractivity contribution in [3.63, 3.8) is 0 Å². The lowest BCUT2D eigenvalue weighted by Crippen LogP contribution is -2.24. The van der Waals surface area contributed by atoms with Gasteiger partial charge in [-0.25, -0.2) is 4.98 Å². The lowest BCUT2D eigenvalue weighted by atomic mass is 9.94. The van der Waals surface area contributed by atoms with Gasteiger partial charge in [0.2, 0.25) is 0 Å². The number of aromatic nitrogens is 3. The molecule has 1 fully saturated rings. The number of hydrogen-bond donors (Lipinski definition) is 1. The number of aryl methyl sites for hydroxylation is 2. The van der Waals surface area contributed by atoms with E-state index in [0.717, 1.165) is 36.9 Å². The van der Waals surface area contributed by atoms with E-state index < -0.39 is 0 Å². The zero-order chi connectivity index (χ0) is 17.3. The van der Waals surface area contributed by atoms with E-state index in [0.29, 0.717) is 5.92 Å². The molecule has 1 aliphatic rings. The maximum atomic E-state index is 6.06. The molecule has 24 heavy (non-hydrogen) atoms. The van der Waals surface area contributed by atoms with Gasteiger partial charge in [0.1, 0.15) is 0 Å². The van der Waals surface area contributed by atoms with Crippen LogP contribution in [0.4, 0.5) is 5.13 Å². The first-order valence-corrected chi connectivity index (χ1v) is 9.23. The highest BCUT2D eigenvalue weighted by atomic mass is 32.1. The summed E-state index contributed by atoms with van der Waals surface area (Å²) in [4.78, 5) is 7.73. The third kappa shape index (κ3) is 3.48. The second kappa shape index (κ2) is 7.21. The summed E-state index contributed by atoms with van der Waals surface area (Å²) >= 11 is 1.74. The Balaban J connectivity index is 1.60. The van der Waals surface area contributed by atoms with Gasteiger partial charge in [-0.15, -0.1) is 11.3 Å². The summed E-state index contributed by atoms with van der Waals surface area (Å²) in [6.45, 7) is 6.85. The molecule has 3 heterocycles. The second-order valence-corrected chi connectivity index (χ2v) is 7.78. The van der Waals surface area contributed by atoms with E-state index >= 15 is 0 Å². The van der Waals surface area contributed by atoms with Crippen LogP contribution in [-0.2, 0) is 18.3 Å². The van der Waals surface area contributed by atoms with Crippen LogP contribution in [0.25, 0.3) is 0 Å². The quantitative estimate of drug-likeness (QED) is 0.868. The zero-order valence-corrected chi connectivity index (χ0v) is 16.0. The standard InChI is InChI=1S/C17H27N5OS/c1-11-15(12(2)22(5)20-11)16-13(6-7-23-16)8-18-9-14-10-19-17(24-14)21(3)4/h10,13,16,18H,6-9H2,1-5H3/t13-,16-/m0/s1. The van der Waals surface area contributed by atoms with Gasteiger partial charge in [-0.05, 0) is 20.3 Å². The first kappa shape index (κ1) is 17.4. The van der Waals surface area contributed by atoms with Gasteiger partial charge in [0.05, 0.1) is 11.8 Å². The molecular weight excluding hydrogens is 322 g/mol. The fourth-order valence-corrected chi connectivity index (χ4v) is 4.13. The molecule has 0 unspecified atom stereocenters. The van der Waals surface area contributed by atoms with Crippen LogP contribution >= 0.6 is 11.3 Å². The molecule has 2 aromatic heterocycles. The minimum absolute atomic E-state index is 0.157. The first-order chi connectivity index (χ1) is 11.5. The SMILES string of the molecule is Cc1nn(C)c(C)c1[C@H]1OCC[C@H]1CNCc1cnc(N(C)C)s1. The van der Waals surface area contributed by atoms with E-state index in [9.17, 15) is 0 Å². The van der Waals surface area contributed by atoms with E-state index in [1.165, 1.54) is 16.1 Å². The predicted molar refractivity (Wildman–Crippen MR) is 97.6 cm³/mol. The molecule has 0 spiro atoms. The summed E-state index contributed by atoms with van der Waals surface area (Å²) in [6.07, 6.45) is 3.22. The number of anilines is 1. The van der Waals surface area contributed by atoms with Crippen molar-refractivity contribution in [2.24, 2.45) is 13.0 Å². The van der Waals surface area contributed by atoms with Crippen LogP contribution in [0.3, 0.4) is 0 Å². The molecule has 7 heteroatoms. The highest BCUT2D eigenvalue weighted by Crippen LogP contribution is 2.37. The molecule has 0 radical (unpaired) electrons. The van der Waals surface area contributed by atoms with Crippen LogP contribution in [0.15, 0.2) is 6.20 Å². The first-order valence-electron chi connectivity index (χ1n) is 8.41. The molecule has 2 atom stereocenters. The summed E-state index contributed by atoms with van der Waals surface area (Å²) in [7, 11) is 6.05. The molecule has 1 saturated heterocycles. The lowest BCUT2D eigenvalue weighted by molar-refractivity contribution is 0.0894. The van der Waals surface area contributed by atoms with Crippen LogP contribution in [0.1, 0.15) is 34.4 Å². The topological polar surface area (TPSA) is 55.2 Å². The van der Waals surface area contributed by atoms with Crippen molar-refractivity contribution in [1.29, 1.82) is 0 Å². The summed E-state index contributed by atoms with van der Waals surface area (Å²) in [5.74, 6) is 0.493. The van der Waals surface area contributed by atoms with E-state index in [2.05, 4.69) is 29.2 Å². The summed E-state index contributed by atoms with van der Waals surface area (Å²) in [5, 5.41) is 9.18. The van der Waals surface area contributed by atoms with Crippen molar-refractivity contribution in [2.45, 2.75) is 32.9 Å². The molecule has 0 aromatic carbocycles. The van der Waals surface area contributed by atoms with Gasteiger partial charge < -0.3 is 15.0 Å². The molecule has 0 bridgehead atoms. The summed E-state index contributed by atoms with van der Waals surface area (Å²) < 4.78 is 8.01. The number of ether oxygens (including phenoxy) is 1. The van der Waals surface area contributed by atoms with Crippen molar-refractivity contribution in [2.75, 3.05) is 32.1 Å². The Morgan fingerprint density at radius 3 is 2.83 bits per heavy atom. The Labute approximate surface area is 147 Å². The van der Waals surface area contributed by atoms with Gasteiger partial charge >= 0.3 is 0 Å². The van der Waals surface area contributed by atoms with Gasteiger partial charge in [0.25, 0.3) is 0 Å². The highest BCUT2D eigenvalue weighted by Gasteiger charge is 2.33. The third-order valence-corrected chi connectivity index (χ3v) is 5.86. The Morgan fingerprint density at radius 1 is 1.42 bits per heavy atom. The van der Waals surface area contributed by atoms with E-state index in [-0.39, 0.29) is 6.10 Å². The molecule has 6 nitrogen and oxygen atoms in total. The highest BCUT2D eigenvalue weighted by molar-refractivity contribution is 7.15. The molecular formula is C17H27N5OS. The van der Waals surface area contributed by atoms with E-state index in [4.69, 9.17) is 4.74 Å². The van der Waals surface area contributed by atoms with E-state index in [1.807, 2.05) is 36.9 Å². The summed E-state index contributed by atoms with van der Waals surface area (Å²) in [5.41, 5.74) is 3.57. The average molecular weight is 350 g/mol. The fourth-order valence-electron chi connectivity index (χ4n) is 3.33. The maximum absolute atomic E-state index is 6.06. The average Bonchev–Trinajstić information content (AvgIpc) is 3.22. The van der Waals surface area contributed by atoms with Crippen LogP contribution < -0.4 is 10.2 Å². The van der Waals surface area contributed by atoms with E-state index in [1.54, 1.807) is 11.3 Å². The molecule has 1 N–H and O–H groups in total. The normalized spacial score (nSPS) is 20.7. The van der Waals surface area contributed by atoms with Gasteiger partial charge in [0, 0.05) is 69.1 Å². The number of nitrogens with zero attached hydrogens (tertiary/aromatic N) is 4. The van der Waals surface area contributed by atoms with Crippen LogP contribution in [-0.4, -0.2) is 42.0 Å². The van der Waals surface area contributed by atoms with Gasteiger partial charge in [-0.2, -0.15) is 5.10 Å². The van der Waals surface area contributed by atoms with Crippen LogP contribution in [0.2, 0.25) is 0 Å². The van der Waals surface area contributed by atoms with Crippen molar-refractivity contribution in [1.82, 2.24) is 20.1 Å². The van der Waals surface area contributed by atoms with Crippen molar-refractivity contribution in [3.8, 4) is 0 Å². The molecule has 0 saturated carbocycles. The number of rotatable bonds is 6. The molecule has 1 aliphatic heterocycles. The number of thiazole rings is 1. The lowest BCUT2D eigenvalue weighted by Gasteiger charge is -2.19. The maximum Gasteiger partial charge on any atom is 0.185 e. The molecule has 132 valence electrons. The van der Waals surface area contributed by atoms with Crippen molar-refractivity contribution in [3.05, 3.63) is 28.0 Å². The zero-order valence-electron chi connectivity index (χ0n) is 15.2. The fraction of sp³-hybridized carbons (Fsp3) is 0.647. The van der Waals surface area contributed by atoms with Gasteiger partial charge in [-0.1, -0.05) is 0 Å². The van der Waals surface area contributed by atoms with Crippen LogP contribution in [0, 0.1) is 19.8 Å². The van der Waals surface area contributed by atoms with Crippen molar-refractivity contribution < 1.29 is 4.74 Å². The Bertz CT molecular complexity index is 693. The largest absolute Gasteiger partial charge is 0.373 e. The molecule has 0 aliphatic carbocycles. The Hall–Kier alpha value is -1.44. The number of nitrogens with one attached hydrogen (secondary N) is 1. The van der Waals surface area contributed by atoms with Crippen LogP contribution in [0.5, 0.6) is 0 Å². The predicted octanol–water partition coefficient (Wildman–Crippen LogP) is 2.43. The Kier molecular flexibility index (Phi) is 5.22. The second-order valence-electron chi connectivity index (χ2n) is 6.68. The van der Waals surface area contributed by atoms with Crippen molar-refractivity contribution >= 4 is 16.5 Å². The monoisotopic (exact) mass is 349 g/mol.